The van der Waals surface area contributed by atoms with Crippen LogP contribution in [0.3, 0.4) is 0 Å². The molecule has 124 valence electrons. The van der Waals surface area contributed by atoms with Crippen LogP contribution in [0.15, 0.2) is 47.9 Å². The first-order chi connectivity index (χ1) is 11.6. The summed E-state index contributed by atoms with van der Waals surface area (Å²) in [4.78, 5) is 25.9. The lowest BCUT2D eigenvalue weighted by molar-refractivity contribution is -0.151. The number of carbonyl (C=O) groups excluding carboxylic acids is 2. The fraction of sp³-hybridized carbons (Fsp3) is 0.263. The SMILES string of the molecule is CCOC(=O)[C@H]1C(=O)C=C(c2cccs2)C[C@@H]1c1ccccc1F. The molecule has 0 unspecified atom stereocenters. The van der Waals surface area contributed by atoms with Gasteiger partial charge < -0.3 is 4.74 Å². The molecule has 3 nitrogen and oxygen atoms in total. The number of ketones is 1. The number of esters is 1. The van der Waals surface area contributed by atoms with Gasteiger partial charge in [-0.1, -0.05) is 24.3 Å². The molecular formula is C19H17FO3S. The van der Waals surface area contributed by atoms with Crippen LogP contribution in [0.1, 0.15) is 29.7 Å². The second-order valence-electron chi connectivity index (χ2n) is 5.61. The largest absolute Gasteiger partial charge is 0.465 e. The Morgan fingerprint density at radius 3 is 2.75 bits per heavy atom. The molecule has 0 saturated heterocycles. The minimum absolute atomic E-state index is 0.189. The van der Waals surface area contributed by atoms with Crippen LogP contribution in [0.4, 0.5) is 4.39 Å². The van der Waals surface area contributed by atoms with E-state index in [0.29, 0.717) is 12.0 Å². The first kappa shape index (κ1) is 16.6. The minimum atomic E-state index is -0.995. The van der Waals surface area contributed by atoms with Crippen LogP contribution in [0.25, 0.3) is 5.57 Å². The van der Waals surface area contributed by atoms with Gasteiger partial charge in [0, 0.05) is 10.8 Å². The topological polar surface area (TPSA) is 43.4 Å². The lowest BCUT2D eigenvalue weighted by atomic mass is 9.74. The maximum atomic E-state index is 14.3. The smallest absolute Gasteiger partial charge is 0.317 e. The van der Waals surface area contributed by atoms with Crippen molar-refractivity contribution in [1.29, 1.82) is 0 Å². The molecule has 1 aromatic carbocycles. The van der Waals surface area contributed by atoms with Crippen molar-refractivity contribution in [3.63, 3.8) is 0 Å². The van der Waals surface area contributed by atoms with Gasteiger partial charge >= 0.3 is 5.97 Å². The quantitative estimate of drug-likeness (QED) is 0.616. The molecule has 24 heavy (non-hydrogen) atoms. The van der Waals surface area contributed by atoms with Crippen molar-refractivity contribution in [3.05, 3.63) is 64.1 Å². The van der Waals surface area contributed by atoms with Crippen LogP contribution < -0.4 is 0 Å². The van der Waals surface area contributed by atoms with Gasteiger partial charge in [0.2, 0.25) is 0 Å². The lowest BCUT2D eigenvalue weighted by Crippen LogP contribution is -2.34. The number of ether oxygens (including phenoxy) is 1. The molecule has 0 amide bonds. The highest BCUT2D eigenvalue weighted by Gasteiger charge is 2.40. The van der Waals surface area contributed by atoms with E-state index >= 15 is 0 Å². The van der Waals surface area contributed by atoms with Crippen LogP contribution in [0.2, 0.25) is 0 Å². The summed E-state index contributed by atoms with van der Waals surface area (Å²) in [6, 6.07) is 10.1. The Kier molecular flexibility index (Phi) is 4.90. The van der Waals surface area contributed by atoms with Crippen molar-refractivity contribution < 1.29 is 18.7 Å². The summed E-state index contributed by atoms with van der Waals surface area (Å²) in [5.41, 5.74) is 1.22. The minimum Gasteiger partial charge on any atom is -0.465 e. The zero-order chi connectivity index (χ0) is 17.1. The number of benzene rings is 1. The van der Waals surface area contributed by atoms with Gasteiger partial charge in [0.15, 0.2) is 5.78 Å². The lowest BCUT2D eigenvalue weighted by Gasteiger charge is -2.29. The van der Waals surface area contributed by atoms with Crippen molar-refractivity contribution in [2.75, 3.05) is 6.61 Å². The third-order valence-corrected chi connectivity index (χ3v) is 5.09. The van der Waals surface area contributed by atoms with Gasteiger partial charge in [-0.15, -0.1) is 11.3 Å². The highest BCUT2D eigenvalue weighted by atomic mass is 32.1. The van der Waals surface area contributed by atoms with E-state index in [1.807, 2.05) is 17.5 Å². The molecule has 0 fully saturated rings. The molecule has 1 heterocycles. The monoisotopic (exact) mass is 344 g/mol. The third-order valence-electron chi connectivity index (χ3n) is 4.15. The van der Waals surface area contributed by atoms with Gasteiger partial charge in [0.25, 0.3) is 0 Å². The molecular weight excluding hydrogens is 327 g/mol. The van der Waals surface area contributed by atoms with E-state index < -0.39 is 23.6 Å². The van der Waals surface area contributed by atoms with E-state index in [2.05, 4.69) is 0 Å². The average molecular weight is 344 g/mol. The summed E-state index contributed by atoms with van der Waals surface area (Å²) in [7, 11) is 0. The molecule has 0 N–H and O–H groups in total. The Morgan fingerprint density at radius 2 is 2.08 bits per heavy atom. The first-order valence-electron chi connectivity index (χ1n) is 7.81. The number of thiophene rings is 1. The van der Waals surface area contributed by atoms with Crippen molar-refractivity contribution in [2.24, 2.45) is 5.92 Å². The first-order valence-corrected chi connectivity index (χ1v) is 8.69. The second kappa shape index (κ2) is 7.09. The number of hydrogen-bond acceptors (Lipinski definition) is 4. The fourth-order valence-corrected chi connectivity index (χ4v) is 3.84. The summed E-state index contributed by atoms with van der Waals surface area (Å²) in [6.07, 6.45) is 1.93. The van der Waals surface area contributed by atoms with Crippen molar-refractivity contribution in [2.45, 2.75) is 19.3 Å². The van der Waals surface area contributed by atoms with Crippen LogP contribution in [0.5, 0.6) is 0 Å². The highest BCUT2D eigenvalue weighted by Crippen LogP contribution is 2.41. The standard InChI is InChI=1S/C19H17FO3S/c1-2-23-19(22)18-14(13-6-3-4-7-15(13)20)10-12(11-16(18)21)17-8-5-9-24-17/h3-9,11,14,18H,2,10H2,1H3/t14-,18-/m1/s1. The van der Waals surface area contributed by atoms with Crippen LogP contribution in [-0.2, 0) is 14.3 Å². The van der Waals surface area contributed by atoms with Crippen LogP contribution in [-0.4, -0.2) is 18.4 Å². The van der Waals surface area contributed by atoms with E-state index in [0.717, 1.165) is 10.5 Å². The van der Waals surface area contributed by atoms with E-state index in [1.54, 1.807) is 25.1 Å². The van der Waals surface area contributed by atoms with Gasteiger partial charge in [0.05, 0.1) is 6.61 Å². The molecule has 2 aromatic rings. The number of carbonyl (C=O) groups is 2. The fourth-order valence-electron chi connectivity index (χ4n) is 3.08. The van der Waals surface area contributed by atoms with E-state index in [1.165, 1.54) is 23.5 Å². The van der Waals surface area contributed by atoms with Crippen molar-refractivity contribution >= 4 is 28.7 Å². The Hall–Kier alpha value is -2.27. The van der Waals surface area contributed by atoms with Gasteiger partial charge in [-0.05, 0) is 48.1 Å². The molecule has 3 rings (SSSR count). The van der Waals surface area contributed by atoms with E-state index in [4.69, 9.17) is 4.74 Å². The van der Waals surface area contributed by atoms with Gasteiger partial charge in [-0.25, -0.2) is 4.39 Å². The van der Waals surface area contributed by atoms with Gasteiger partial charge in [0.1, 0.15) is 11.7 Å². The Balaban J connectivity index is 2.04. The summed E-state index contributed by atoms with van der Waals surface area (Å²) in [6.45, 7) is 1.88. The molecule has 1 aliphatic carbocycles. The Bertz CT molecular complexity index is 780. The zero-order valence-corrected chi connectivity index (χ0v) is 14.0. The number of rotatable bonds is 4. The Morgan fingerprint density at radius 1 is 1.29 bits per heavy atom. The Labute approximate surface area is 143 Å². The number of halogens is 1. The predicted molar refractivity (Wildman–Crippen MR) is 91.2 cm³/mol. The molecule has 1 aromatic heterocycles. The molecule has 0 saturated carbocycles. The van der Waals surface area contributed by atoms with Crippen LogP contribution in [0, 0.1) is 11.7 Å². The number of hydrogen-bond donors (Lipinski definition) is 0. The normalized spacial score (nSPS) is 20.6. The van der Waals surface area contributed by atoms with Crippen molar-refractivity contribution in [1.82, 2.24) is 0 Å². The summed E-state index contributed by atoms with van der Waals surface area (Å²) >= 11 is 1.52. The average Bonchev–Trinajstić information content (AvgIpc) is 3.09. The van der Waals surface area contributed by atoms with Gasteiger partial charge in [-0.2, -0.15) is 0 Å². The summed E-state index contributed by atoms with van der Waals surface area (Å²) < 4.78 is 19.4. The summed E-state index contributed by atoms with van der Waals surface area (Å²) in [5.74, 6) is -2.86. The molecule has 2 atom stereocenters. The van der Waals surface area contributed by atoms with Crippen LogP contribution >= 0.6 is 11.3 Å². The molecule has 5 heteroatoms. The molecule has 0 bridgehead atoms. The maximum absolute atomic E-state index is 14.3. The maximum Gasteiger partial charge on any atom is 0.317 e. The second-order valence-corrected chi connectivity index (χ2v) is 6.56. The molecule has 0 spiro atoms. The van der Waals surface area contributed by atoms with Crippen molar-refractivity contribution in [3.8, 4) is 0 Å². The predicted octanol–water partition coefficient (Wildman–Crippen LogP) is 4.21. The number of allylic oxidation sites excluding steroid dienone is 2. The zero-order valence-electron chi connectivity index (χ0n) is 13.2. The van der Waals surface area contributed by atoms with E-state index in [-0.39, 0.29) is 12.4 Å². The molecule has 0 aliphatic heterocycles. The molecule has 1 aliphatic rings. The third kappa shape index (κ3) is 3.17. The highest BCUT2D eigenvalue weighted by molar-refractivity contribution is 7.11. The van der Waals surface area contributed by atoms with Gasteiger partial charge in [-0.3, -0.25) is 9.59 Å². The van der Waals surface area contributed by atoms with E-state index in [9.17, 15) is 14.0 Å². The molecule has 0 radical (unpaired) electrons. The summed E-state index contributed by atoms with van der Waals surface area (Å²) in [5, 5.41) is 1.93.